The summed E-state index contributed by atoms with van der Waals surface area (Å²) in [6, 6.07) is 19.3. The summed E-state index contributed by atoms with van der Waals surface area (Å²) < 4.78 is 0. The zero-order valence-corrected chi connectivity index (χ0v) is 15.1. The van der Waals surface area contributed by atoms with E-state index in [2.05, 4.69) is 5.43 Å². The van der Waals surface area contributed by atoms with Crippen molar-refractivity contribution in [2.75, 3.05) is 43.0 Å². The zero-order chi connectivity index (χ0) is 18.8. The monoisotopic (exact) mass is 360 g/mol. The number of hydrogen-bond acceptors (Lipinski definition) is 7. The van der Waals surface area contributed by atoms with Gasteiger partial charge in [0.25, 0.3) is 0 Å². The van der Waals surface area contributed by atoms with Crippen LogP contribution in [0.2, 0.25) is 0 Å². The number of hydrogen-bond donors (Lipinski definition) is 4. The maximum absolute atomic E-state index is 10.0. The molecule has 2 aromatic rings. The Hall–Kier alpha value is -2.16. The van der Waals surface area contributed by atoms with Crippen LogP contribution in [0.25, 0.3) is 0 Å². The first kappa shape index (κ1) is 20.2. The summed E-state index contributed by atoms with van der Waals surface area (Å²) >= 11 is 0. The van der Waals surface area contributed by atoms with Gasteiger partial charge in [0.15, 0.2) is 0 Å². The molecule has 0 fully saturated rings. The van der Waals surface area contributed by atoms with Crippen molar-refractivity contribution >= 4 is 11.4 Å². The van der Waals surface area contributed by atoms with Gasteiger partial charge in [-0.15, -0.1) is 5.12 Å². The highest BCUT2D eigenvalue weighted by Crippen LogP contribution is 2.21. The minimum Gasteiger partial charge on any atom is -0.395 e. The van der Waals surface area contributed by atoms with Crippen LogP contribution in [0.4, 0.5) is 11.4 Å². The maximum atomic E-state index is 10.0. The van der Waals surface area contributed by atoms with Gasteiger partial charge in [0.05, 0.1) is 43.8 Å². The lowest BCUT2D eigenvalue weighted by Gasteiger charge is -2.44. The van der Waals surface area contributed by atoms with Crippen LogP contribution in [0, 0.1) is 0 Å². The first-order valence-electron chi connectivity index (χ1n) is 8.75. The van der Waals surface area contributed by atoms with Gasteiger partial charge in [-0.25, -0.2) is 10.5 Å². The van der Waals surface area contributed by atoms with Crippen molar-refractivity contribution in [2.24, 2.45) is 0 Å². The molecular weight excluding hydrogens is 332 g/mol. The normalized spacial score (nSPS) is 12.2. The number of hydrazine groups is 3. The van der Waals surface area contributed by atoms with E-state index in [0.29, 0.717) is 19.6 Å². The van der Waals surface area contributed by atoms with E-state index >= 15 is 0 Å². The van der Waals surface area contributed by atoms with Crippen LogP contribution in [0.1, 0.15) is 6.92 Å². The minimum absolute atomic E-state index is 0.0297. The molecule has 0 aliphatic heterocycles. The molecule has 0 saturated heterocycles. The molecule has 0 heterocycles. The second-order valence-corrected chi connectivity index (χ2v) is 5.87. The number of rotatable bonds is 11. The number of anilines is 2. The molecular formula is C19H28N4O3. The number of nitrogens with one attached hydrogen (secondary N) is 1. The Morgan fingerprint density at radius 1 is 0.885 bits per heavy atom. The van der Waals surface area contributed by atoms with E-state index in [1.807, 2.05) is 70.8 Å². The topological polar surface area (TPSA) is 82.4 Å². The van der Waals surface area contributed by atoms with Crippen LogP contribution in [0.15, 0.2) is 60.7 Å². The molecule has 0 bridgehead atoms. The SMILES string of the molecule is CC(O)CN(c1ccccc1)N(CCO)N(NCCO)c1ccccc1. The highest BCUT2D eigenvalue weighted by atomic mass is 16.3. The van der Waals surface area contributed by atoms with E-state index in [0.717, 1.165) is 11.4 Å². The summed E-state index contributed by atoms with van der Waals surface area (Å²) in [6.45, 7) is 2.60. The summed E-state index contributed by atoms with van der Waals surface area (Å²) in [5.41, 5.74) is 4.90. The quantitative estimate of drug-likeness (QED) is 0.445. The van der Waals surface area contributed by atoms with Crippen LogP contribution in [0.5, 0.6) is 0 Å². The second kappa shape index (κ2) is 10.7. The molecule has 26 heavy (non-hydrogen) atoms. The largest absolute Gasteiger partial charge is 0.395 e. The fraction of sp³-hybridized carbons (Fsp3) is 0.368. The smallest absolute Gasteiger partial charge is 0.0723 e. The average molecular weight is 360 g/mol. The summed E-state index contributed by atoms with van der Waals surface area (Å²) in [7, 11) is 0. The van der Waals surface area contributed by atoms with Crippen molar-refractivity contribution in [1.82, 2.24) is 10.5 Å². The van der Waals surface area contributed by atoms with Crippen molar-refractivity contribution in [2.45, 2.75) is 13.0 Å². The molecule has 0 saturated carbocycles. The molecule has 0 aliphatic carbocycles. The molecule has 4 N–H and O–H groups in total. The Balaban J connectivity index is 2.41. The average Bonchev–Trinajstić information content (AvgIpc) is 2.67. The lowest BCUT2D eigenvalue weighted by Crippen LogP contribution is -2.61. The number of nitrogens with zero attached hydrogens (tertiary/aromatic N) is 3. The molecule has 2 rings (SSSR count). The molecule has 0 spiro atoms. The van der Waals surface area contributed by atoms with Crippen LogP contribution in [-0.2, 0) is 0 Å². The van der Waals surface area contributed by atoms with Gasteiger partial charge in [-0.05, 0) is 31.2 Å². The van der Waals surface area contributed by atoms with Gasteiger partial charge < -0.3 is 15.3 Å². The molecule has 2 aromatic carbocycles. The van der Waals surface area contributed by atoms with Gasteiger partial charge >= 0.3 is 0 Å². The van der Waals surface area contributed by atoms with Crippen LogP contribution in [-0.4, -0.2) is 59.4 Å². The Kier molecular flexibility index (Phi) is 8.33. The zero-order valence-electron chi connectivity index (χ0n) is 15.1. The van der Waals surface area contributed by atoms with E-state index in [1.54, 1.807) is 12.0 Å². The van der Waals surface area contributed by atoms with Crippen LogP contribution >= 0.6 is 0 Å². The van der Waals surface area contributed by atoms with Crippen molar-refractivity contribution in [3.63, 3.8) is 0 Å². The number of aliphatic hydroxyl groups is 3. The third-order valence-electron chi connectivity index (χ3n) is 3.68. The molecule has 0 amide bonds. The molecule has 142 valence electrons. The third-order valence-corrected chi connectivity index (χ3v) is 3.68. The molecule has 0 aromatic heterocycles. The Bertz CT molecular complexity index is 613. The van der Waals surface area contributed by atoms with E-state index in [4.69, 9.17) is 0 Å². The van der Waals surface area contributed by atoms with E-state index < -0.39 is 6.10 Å². The molecule has 0 aliphatic rings. The summed E-state index contributed by atoms with van der Waals surface area (Å²) in [5, 5.41) is 34.4. The van der Waals surface area contributed by atoms with Gasteiger partial charge in [-0.3, -0.25) is 5.01 Å². The molecule has 7 heteroatoms. The van der Waals surface area contributed by atoms with Gasteiger partial charge in [0.1, 0.15) is 0 Å². The first-order valence-corrected chi connectivity index (χ1v) is 8.75. The highest BCUT2D eigenvalue weighted by Gasteiger charge is 2.24. The molecule has 0 radical (unpaired) electrons. The third kappa shape index (κ3) is 5.69. The van der Waals surface area contributed by atoms with Crippen LogP contribution < -0.4 is 15.6 Å². The van der Waals surface area contributed by atoms with Crippen molar-refractivity contribution in [3.05, 3.63) is 60.7 Å². The first-order chi connectivity index (χ1) is 12.7. The lowest BCUT2D eigenvalue weighted by atomic mass is 10.3. The number of benzene rings is 2. The Labute approximate surface area is 154 Å². The Morgan fingerprint density at radius 3 is 1.96 bits per heavy atom. The van der Waals surface area contributed by atoms with Crippen LogP contribution in [0.3, 0.4) is 0 Å². The maximum Gasteiger partial charge on any atom is 0.0723 e. The highest BCUT2D eigenvalue weighted by molar-refractivity contribution is 5.49. The second-order valence-electron chi connectivity index (χ2n) is 5.87. The van der Waals surface area contributed by atoms with E-state index in [-0.39, 0.29) is 13.2 Å². The van der Waals surface area contributed by atoms with Gasteiger partial charge in [-0.2, -0.15) is 0 Å². The fourth-order valence-corrected chi connectivity index (χ4v) is 2.63. The predicted molar refractivity (Wildman–Crippen MR) is 103 cm³/mol. The lowest BCUT2D eigenvalue weighted by molar-refractivity contribution is 0.119. The fourth-order valence-electron chi connectivity index (χ4n) is 2.63. The number of aliphatic hydroxyl groups excluding tert-OH is 3. The van der Waals surface area contributed by atoms with Gasteiger partial charge in [0, 0.05) is 6.54 Å². The van der Waals surface area contributed by atoms with Gasteiger partial charge in [-0.1, -0.05) is 36.4 Å². The Morgan fingerprint density at radius 2 is 1.46 bits per heavy atom. The van der Waals surface area contributed by atoms with E-state index in [9.17, 15) is 15.3 Å². The van der Waals surface area contributed by atoms with Gasteiger partial charge in [0.2, 0.25) is 0 Å². The predicted octanol–water partition coefficient (Wildman–Crippen LogP) is 1.00. The summed E-state index contributed by atoms with van der Waals surface area (Å²) in [6.07, 6.45) is -0.577. The summed E-state index contributed by atoms with van der Waals surface area (Å²) in [5.74, 6) is 0. The molecule has 1 atom stereocenters. The van der Waals surface area contributed by atoms with E-state index in [1.165, 1.54) is 0 Å². The minimum atomic E-state index is -0.577. The molecule has 1 unspecified atom stereocenters. The van der Waals surface area contributed by atoms with Crippen molar-refractivity contribution < 1.29 is 15.3 Å². The van der Waals surface area contributed by atoms with Crippen molar-refractivity contribution in [1.29, 1.82) is 0 Å². The molecule has 7 nitrogen and oxygen atoms in total. The summed E-state index contributed by atoms with van der Waals surface area (Å²) in [4.78, 5) is 0. The van der Waals surface area contributed by atoms with Crippen molar-refractivity contribution in [3.8, 4) is 0 Å². The number of para-hydroxylation sites is 2. The standard InChI is InChI=1S/C19H28N4O3/c1-17(26)16-21(18-8-4-2-5-9-18)22(13-15-25)23(20-12-14-24)19-10-6-3-7-11-19/h2-11,17,20,24-26H,12-16H2,1H3.